The standard InChI is InChI=1S/C16H26/c1-6-15(3,4)13-16(5,7-2)14-11-9-8-10-12-14/h8-12H,6-7,13H2,1-5H3. The Morgan fingerprint density at radius 3 is 1.88 bits per heavy atom. The fourth-order valence-corrected chi connectivity index (χ4v) is 2.45. The summed E-state index contributed by atoms with van der Waals surface area (Å²) in [5.41, 5.74) is 2.24. The molecule has 0 aliphatic carbocycles. The molecule has 1 atom stereocenters. The molecule has 16 heavy (non-hydrogen) atoms. The Hall–Kier alpha value is -0.780. The zero-order valence-electron chi connectivity index (χ0n) is 11.5. The van der Waals surface area contributed by atoms with E-state index in [1.54, 1.807) is 0 Å². The van der Waals surface area contributed by atoms with Crippen molar-refractivity contribution in [3.05, 3.63) is 35.9 Å². The maximum absolute atomic E-state index is 2.40. The van der Waals surface area contributed by atoms with Crippen LogP contribution in [0.2, 0.25) is 0 Å². The molecule has 0 N–H and O–H groups in total. The van der Waals surface area contributed by atoms with Crippen molar-refractivity contribution in [1.82, 2.24) is 0 Å². The molecule has 1 aromatic carbocycles. The van der Waals surface area contributed by atoms with E-state index in [1.807, 2.05) is 0 Å². The maximum atomic E-state index is 2.40. The third-order valence-electron chi connectivity index (χ3n) is 4.08. The minimum Gasteiger partial charge on any atom is -0.0649 e. The van der Waals surface area contributed by atoms with Crippen molar-refractivity contribution in [3.63, 3.8) is 0 Å². The lowest BCUT2D eigenvalue weighted by molar-refractivity contribution is 0.230. The molecule has 0 aliphatic rings. The topological polar surface area (TPSA) is 0 Å². The lowest BCUT2D eigenvalue weighted by Gasteiger charge is -2.37. The van der Waals surface area contributed by atoms with Crippen LogP contribution in [0.25, 0.3) is 0 Å². The molecule has 0 radical (unpaired) electrons. The van der Waals surface area contributed by atoms with E-state index in [2.05, 4.69) is 65.0 Å². The van der Waals surface area contributed by atoms with Crippen LogP contribution in [-0.2, 0) is 5.41 Å². The maximum Gasteiger partial charge on any atom is -0.00728 e. The molecule has 1 aromatic rings. The van der Waals surface area contributed by atoms with Gasteiger partial charge in [-0.15, -0.1) is 0 Å². The van der Waals surface area contributed by atoms with Crippen molar-refractivity contribution in [2.75, 3.05) is 0 Å². The molecule has 0 heterocycles. The van der Waals surface area contributed by atoms with Gasteiger partial charge in [-0.05, 0) is 29.2 Å². The third kappa shape index (κ3) is 3.10. The summed E-state index contributed by atoms with van der Waals surface area (Å²) in [6, 6.07) is 11.0. The third-order valence-corrected chi connectivity index (χ3v) is 4.08. The Morgan fingerprint density at radius 1 is 0.875 bits per heavy atom. The fraction of sp³-hybridized carbons (Fsp3) is 0.625. The Bertz CT molecular complexity index is 310. The molecular formula is C16H26. The van der Waals surface area contributed by atoms with Crippen molar-refractivity contribution in [2.45, 2.75) is 59.3 Å². The lowest BCUT2D eigenvalue weighted by atomic mass is 9.68. The number of hydrogen-bond acceptors (Lipinski definition) is 0. The molecule has 0 spiro atoms. The first-order valence-electron chi connectivity index (χ1n) is 6.49. The monoisotopic (exact) mass is 218 g/mol. The van der Waals surface area contributed by atoms with Crippen LogP contribution in [0, 0.1) is 5.41 Å². The van der Waals surface area contributed by atoms with Crippen molar-refractivity contribution in [2.24, 2.45) is 5.41 Å². The van der Waals surface area contributed by atoms with Crippen LogP contribution in [-0.4, -0.2) is 0 Å². The second-order valence-corrected chi connectivity index (χ2v) is 5.97. The number of rotatable bonds is 5. The zero-order valence-corrected chi connectivity index (χ0v) is 11.5. The summed E-state index contributed by atoms with van der Waals surface area (Å²) < 4.78 is 0. The van der Waals surface area contributed by atoms with Gasteiger partial charge in [0.05, 0.1) is 0 Å². The Morgan fingerprint density at radius 2 is 1.44 bits per heavy atom. The summed E-state index contributed by atoms with van der Waals surface area (Å²) in [5, 5.41) is 0. The van der Waals surface area contributed by atoms with E-state index in [9.17, 15) is 0 Å². The molecule has 90 valence electrons. The van der Waals surface area contributed by atoms with E-state index in [0.717, 1.165) is 0 Å². The predicted molar refractivity (Wildman–Crippen MR) is 72.8 cm³/mol. The van der Waals surface area contributed by atoms with E-state index in [-0.39, 0.29) is 0 Å². The fourth-order valence-electron chi connectivity index (χ4n) is 2.45. The smallest absolute Gasteiger partial charge is 0.00728 e. The van der Waals surface area contributed by atoms with Gasteiger partial charge < -0.3 is 0 Å². The average Bonchev–Trinajstić information content (AvgIpc) is 2.29. The quantitative estimate of drug-likeness (QED) is 0.638. The van der Waals surface area contributed by atoms with Gasteiger partial charge in [-0.2, -0.15) is 0 Å². The molecule has 0 amide bonds. The summed E-state index contributed by atoms with van der Waals surface area (Å²) in [6.07, 6.45) is 3.72. The van der Waals surface area contributed by atoms with E-state index < -0.39 is 0 Å². The highest BCUT2D eigenvalue weighted by atomic mass is 14.4. The highest BCUT2D eigenvalue weighted by Gasteiger charge is 2.31. The van der Waals surface area contributed by atoms with Gasteiger partial charge in [-0.25, -0.2) is 0 Å². The van der Waals surface area contributed by atoms with Crippen molar-refractivity contribution < 1.29 is 0 Å². The molecule has 0 aliphatic heterocycles. The van der Waals surface area contributed by atoms with Gasteiger partial charge in [-0.1, -0.05) is 71.4 Å². The molecule has 0 heteroatoms. The number of hydrogen-bond donors (Lipinski definition) is 0. The lowest BCUT2D eigenvalue weighted by Crippen LogP contribution is -2.28. The summed E-state index contributed by atoms with van der Waals surface area (Å²) in [6.45, 7) is 11.8. The largest absolute Gasteiger partial charge is 0.0649 e. The van der Waals surface area contributed by atoms with E-state index >= 15 is 0 Å². The first kappa shape index (κ1) is 13.3. The summed E-state index contributed by atoms with van der Waals surface area (Å²) in [4.78, 5) is 0. The van der Waals surface area contributed by atoms with E-state index in [4.69, 9.17) is 0 Å². The van der Waals surface area contributed by atoms with Crippen molar-refractivity contribution in [3.8, 4) is 0 Å². The molecular weight excluding hydrogens is 192 g/mol. The van der Waals surface area contributed by atoms with Gasteiger partial charge in [0.25, 0.3) is 0 Å². The van der Waals surface area contributed by atoms with Crippen LogP contribution in [0.1, 0.15) is 59.4 Å². The molecule has 1 unspecified atom stereocenters. The van der Waals surface area contributed by atoms with Crippen LogP contribution in [0.3, 0.4) is 0 Å². The van der Waals surface area contributed by atoms with Gasteiger partial charge >= 0.3 is 0 Å². The highest BCUT2D eigenvalue weighted by Crippen LogP contribution is 2.40. The van der Waals surface area contributed by atoms with Gasteiger partial charge in [0.15, 0.2) is 0 Å². The van der Waals surface area contributed by atoms with Crippen LogP contribution >= 0.6 is 0 Å². The Kier molecular flexibility index (Phi) is 4.18. The molecule has 1 rings (SSSR count). The number of benzene rings is 1. The van der Waals surface area contributed by atoms with Crippen LogP contribution in [0.15, 0.2) is 30.3 Å². The normalized spacial score (nSPS) is 15.8. The molecule has 0 aromatic heterocycles. The summed E-state index contributed by atoms with van der Waals surface area (Å²) >= 11 is 0. The van der Waals surface area contributed by atoms with E-state index in [1.165, 1.54) is 24.8 Å². The van der Waals surface area contributed by atoms with Crippen LogP contribution < -0.4 is 0 Å². The van der Waals surface area contributed by atoms with Gasteiger partial charge in [0.2, 0.25) is 0 Å². The minimum atomic E-state index is 0.320. The first-order chi connectivity index (χ1) is 7.43. The summed E-state index contributed by atoms with van der Waals surface area (Å²) in [5.74, 6) is 0. The molecule has 0 saturated carbocycles. The van der Waals surface area contributed by atoms with Crippen LogP contribution in [0.4, 0.5) is 0 Å². The SMILES string of the molecule is CCC(C)(C)CC(C)(CC)c1ccccc1. The second-order valence-electron chi connectivity index (χ2n) is 5.97. The van der Waals surface area contributed by atoms with Gasteiger partial charge in [-0.3, -0.25) is 0 Å². The highest BCUT2D eigenvalue weighted by molar-refractivity contribution is 5.24. The molecule has 0 fully saturated rings. The van der Waals surface area contributed by atoms with Crippen molar-refractivity contribution in [1.29, 1.82) is 0 Å². The van der Waals surface area contributed by atoms with Gasteiger partial charge in [0, 0.05) is 0 Å². The van der Waals surface area contributed by atoms with Gasteiger partial charge in [0.1, 0.15) is 0 Å². The van der Waals surface area contributed by atoms with E-state index in [0.29, 0.717) is 10.8 Å². The Labute approximate surface area is 101 Å². The minimum absolute atomic E-state index is 0.320. The average molecular weight is 218 g/mol. The van der Waals surface area contributed by atoms with Crippen molar-refractivity contribution >= 4 is 0 Å². The first-order valence-corrected chi connectivity index (χ1v) is 6.49. The molecule has 0 saturated heterocycles. The molecule has 0 nitrogen and oxygen atoms in total. The summed E-state index contributed by atoms with van der Waals surface area (Å²) in [7, 11) is 0. The second kappa shape index (κ2) is 5.03. The van der Waals surface area contributed by atoms with Crippen LogP contribution in [0.5, 0.6) is 0 Å². The Balaban J connectivity index is 2.95. The zero-order chi connectivity index (χ0) is 12.2. The predicted octanol–water partition coefficient (Wildman–Crippen LogP) is 5.18. The molecule has 0 bridgehead atoms.